The Bertz CT molecular complexity index is 560. The van der Waals surface area contributed by atoms with E-state index in [9.17, 15) is 13.2 Å². The minimum absolute atomic E-state index is 0.0963. The van der Waals surface area contributed by atoms with Gasteiger partial charge in [-0.15, -0.1) is 11.6 Å². The molecule has 0 spiro atoms. The molecular formula is C11H15ClN2O4S. The third-order valence-electron chi connectivity index (χ3n) is 2.31. The zero-order valence-electron chi connectivity index (χ0n) is 10.3. The second-order valence-corrected chi connectivity index (χ2v) is 5.69. The second kappa shape index (κ2) is 6.74. The molecule has 0 heterocycles. The Morgan fingerprint density at radius 2 is 2.16 bits per heavy atom. The topological polar surface area (TPSA) is 98.5 Å². The lowest BCUT2D eigenvalue weighted by Gasteiger charge is -2.11. The zero-order chi connectivity index (χ0) is 14.5. The van der Waals surface area contributed by atoms with Crippen LogP contribution in [0.25, 0.3) is 0 Å². The zero-order valence-corrected chi connectivity index (χ0v) is 11.9. The van der Waals surface area contributed by atoms with Gasteiger partial charge in [0.25, 0.3) is 0 Å². The van der Waals surface area contributed by atoms with Crippen LogP contribution in [0.2, 0.25) is 0 Å². The van der Waals surface area contributed by atoms with Crippen LogP contribution < -0.4 is 15.2 Å². The normalized spacial score (nSPS) is 11.1. The van der Waals surface area contributed by atoms with Gasteiger partial charge in [-0.1, -0.05) is 0 Å². The molecule has 0 saturated heterocycles. The van der Waals surface area contributed by atoms with Gasteiger partial charge in [0.05, 0.1) is 17.7 Å². The molecule has 1 rings (SSSR count). The number of carbonyl (C=O) groups is 1. The molecule has 0 fully saturated rings. The number of halogens is 1. The van der Waals surface area contributed by atoms with Crippen molar-refractivity contribution in [1.82, 2.24) is 0 Å². The van der Waals surface area contributed by atoms with Gasteiger partial charge in [0.1, 0.15) is 5.75 Å². The number of benzene rings is 1. The van der Waals surface area contributed by atoms with Gasteiger partial charge in [0.15, 0.2) is 0 Å². The van der Waals surface area contributed by atoms with Crippen molar-refractivity contribution in [3.05, 3.63) is 18.2 Å². The number of primary sulfonamides is 1. The molecule has 0 aliphatic rings. The molecule has 1 aromatic rings. The number of amides is 1. The molecule has 106 valence electrons. The number of rotatable bonds is 6. The van der Waals surface area contributed by atoms with Gasteiger partial charge in [0.2, 0.25) is 15.9 Å². The van der Waals surface area contributed by atoms with Crippen LogP contribution in [-0.2, 0) is 14.8 Å². The molecule has 0 aliphatic heterocycles. The van der Waals surface area contributed by atoms with E-state index in [0.29, 0.717) is 18.1 Å². The highest BCUT2D eigenvalue weighted by molar-refractivity contribution is 7.89. The van der Waals surface area contributed by atoms with Crippen LogP contribution in [0.3, 0.4) is 0 Å². The molecule has 19 heavy (non-hydrogen) atoms. The van der Waals surface area contributed by atoms with E-state index in [4.69, 9.17) is 21.5 Å². The minimum Gasteiger partial charge on any atom is -0.495 e. The number of methoxy groups -OCH3 is 1. The fourth-order valence-electron chi connectivity index (χ4n) is 1.40. The van der Waals surface area contributed by atoms with E-state index < -0.39 is 10.0 Å². The summed E-state index contributed by atoms with van der Waals surface area (Å²) in [7, 11) is -2.41. The summed E-state index contributed by atoms with van der Waals surface area (Å²) in [5, 5.41) is 7.60. The predicted molar refractivity (Wildman–Crippen MR) is 73.0 cm³/mol. The maximum Gasteiger partial charge on any atom is 0.238 e. The third kappa shape index (κ3) is 4.70. The summed E-state index contributed by atoms with van der Waals surface area (Å²) in [4.78, 5) is 11.5. The van der Waals surface area contributed by atoms with E-state index >= 15 is 0 Å². The number of nitrogens with two attached hydrogens (primary N) is 1. The van der Waals surface area contributed by atoms with E-state index in [0.717, 1.165) is 0 Å². The summed E-state index contributed by atoms with van der Waals surface area (Å²) >= 11 is 5.49. The van der Waals surface area contributed by atoms with E-state index in [1.165, 1.54) is 25.3 Å². The van der Waals surface area contributed by atoms with Gasteiger partial charge in [-0.2, -0.15) is 0 Å². The quantitative estimate of drug-likeness (QED) is 0.774. The third-order valence-corrected chi connectivity index (χ3v) is 3.49. The Kier molecular flexibility index (Phi) is 5.59. The number of alkyl halides is 1. The second-order valence-electron chi connectivity index (χ2n) is 3.75. The first-order valence-corrected chi connectivity index (χ1v) is 7.53. The number of nitrogens with one attached hydrogen (secondary N) is 1. The summed E-state index contributed by atoms with van der Waals surface area (Å²) in [6.45, 7) is 0. The Labute approximate surface area is 116 Å². The van der Waals surface area contributed by atoms with Gasteiger partial charge in [-0.25, -0.2) is 13.6 Å². The van der Waals surface area contributed by atoms with E-state index in [1.807, 2.05) is 0 Å². The average molecular weight is 307 g/mol. The molecule has 3 N–H and O–H groups in total. The summed E-state index contributed by atoms with van der Waals surface area (Å²) in [5.41, 5.74) is 0.258. The molecule has 0 aliphatic carbocycles. The molecule has 0 bridgehead atoms. The number of carbonyl (C=O) groups excluding carboxylic acids is 1. The molecule has 8 heteroatoms. The SMILES string of the molecule is COc1ccc(S(N)(=O)=O)cc1NC(=O)CCCCl. The smallest absolute Gasteiger partial charge is 0.238 e. The number of hydrogen-bond donors (Lipinski definition) is 2. The molecular weight excluding hydrogens is 292 g/mol. The number of hydrogen-bond acceptors (Lipinski definition) is 4. The minimum atomic E-state index is -3.83. The first-order valence-electron chi connectivity index (χ1n) is 5.45. The maximum absolute atomic E-state index is 11.6. The van der Waals surface area contributed by atoms with Crippen molar-refractivity contribution in [2.45, 2.75) is 17.7 Å². The molecule has 0 atom stereocenters. The van der Waals surface area contributed by atoms with Crippen molar-refractivity contribution in [3.63, 3.8) is 0 Å². The summed E-state index contributed by atoms with van der Waals surface area (Å²) in [6.07, 6.45) is 0.775. The van der Waals surface area contributed by atoms with Crippen LogP contribution in [0.4, 0.5) is 5.69 Å². The van der Waals surface area contributed by atoms with Gasteiger partial charge in [-0.3, -0.25) is 4.79 Å². The van der Waals surface area contributed by atoms with Crippen LogP contribution in [0.15, 0.2) is 23.1 Å². The molecule has 0 saturated carbocycles. The maximum atomic E-state index is 11.6. The van der Waals surface area contributed by atoms with Crippen molar-refractivity contribution < 1.29 is 17.9 Å². The van der Waals surface area contributed by atoms with Gasteiger partial charge < -0.3 is 10.1 Å². The Balaban J connectivity index is 3.00. The van der Waals surface area contributed by atoms with E-state index in [-0.39, 0.29) is 22.9 Å². The molecule has 1 aromatic carbocycles. The lowest BCUT2D eigenvalue weighted by Crippen LogP contribution is -2.15. The highest BCUT2D eigenvalue weighted by atomic mass is 35.5. The van der Waals surface area contributed by atoms with Gasteiger partial charge in [-0.05, 0) is 24.6 Å². The van der Waals surface area contributed by atoms with Gasteiger partial charge >= 0.3 is 0 Å². The first-order chi connectivity index (χ1) is 8.88. The monoisotopic (exact) mass is 306 g/mol. The predicted octanol–water partition coefficient (Wildman–Crippen LogP) is 1.30. The summed E-state index contributed by atoms with van der Waals surface area (Å²) in [6, 6.07) is 3.99. The van der Waals surface area contributed by atoms with Crippen LogP contribution in [-0.4, -0.2) is 27.3 Å². The fourth-order valence-corrected chi connectivity index (χ4v) is 2.08. The number of sulfonamides is 1. The highest BCUT2D eigenvalue weighted by Gasteiger charge is 2.13. The lowest BCUT2D eigenvalue weighted by atomic mass is 10.2. The first kappa shape index (κ1) is 15.7. The fraction of sp³-hybridized carbons (Fsp3) is 0.364. The molecule has 0 radical (unpaired) electrons. The van der Waals surface area contributed by atoms with Crippen LogP contribution >= 0.6 is 11.6 Å². The van der Waals surface area contributed by atoms with E-state index in [2.05, 4.69) is 5.32 Å². The van der Waals surface area contributed by atoms with Crippen LogP contribution in [0, 0.1) is 0 Å². The molecule has 0 aromatic heterocycles. The van der Waals surface area contributed by atoms with Crippen molar-refractivity contribution in [1.29, 1.82) is 0 Å². The Hall–Kier alpha value is -1.31. The van der Waals surface area contributed by atoms with Crippen LogP contribution in [0.1, 0.15) is 12.8 Å². The number of anilines is 1. The van der Waals surface area contributed by atoms with Crippen molar-refractivity contribution in [2.75, 3.05) is 18.3 Å². The summed E-state index contributed by atoms with van der Waals surface area (Å²) < 4.78 is 27.5. The van der Waals surface area contributed by atoms with Crippen molar-refractivity contribution in [3.8, 4) is 5.75 Å². The molecule has 1 amide bonds. The number of ether oxygens (including phenoxy) is 1. The lowest BCUT2D eigenvalue weighted by molar-refractivity contribution is -0.116. The van der Waals surface area contributed by atoms with E-state index in [1.54, 1.807) is 0 Å². The van der Waals surface area contributed by atoms with Crippen molar-refractivity contribution in [2.24, 2.45) is 5.14 Å². The Morgan fingerprint density at radius 1 is 1.47 bits per heavy atom. The Morgan fingerprint density at radius 3 is 2.68 bits per heavy atom. The largest absolute Gasteiger partial charge is 0.495 e. The standard InChI is InChI=1S/C11H15ClN2O4S/c1-18-10-5-4-8(19(13,16)17)7-9(10)14-11(15)3-2-6-12/h4-5,7H,2-3,6H2,1H3,(H,14,15)(H2,13,16,17). The molecule has 0 unspecified atom stereocenters. The highest BCUT2D eigenvalue weighted by Crippen LogP contribution is 2.27. The van der Waals surface area contributed by atoms with Crippen molar-refractivity contribution >= 4 is 33.2 Å². The molecule has 6 nitrogen and oxygen atoms in total. The van der Waals surface area contributed by atoms with Gasteiger partial charge in [0, 0.05) is 12.3 Å². The van der Waals surface area contributed by atoms with Crippen LogP contribution in [0.5, 0.6) is 5.75 Å². The average Bonchev–Trinajstić information content (AvgIpc) is 2.35. The summed E-state index contributed by atoms with van der Waals surface area (Å²) in [5.74, 6) is 0.457.